The Labute approximate surface area is 115 Å². The largest absolute Gasteiger partial charge is 0.399 e. The Bertz CT molecular complexity index is 483. The SMILES string of the molecule is CCN(CC)C1(N)C=CC(c2ccc(N)cc2)=CC1. The van der Waals surface area contributed by atoms with Gasteiger partial charge >= 0.3 is 0 Å². The van der Waals surface area contributed by atoms with E-state index >= 15 is 0 Å². The van der Waals surface area contributed by atoms with Crippen molar-refractivity contribution in [3.63, 3.8) is 0 Å². The van der Waals surface area contributed by atoms with Gasteiger partial charge in [-0.2, -0.15) is 0 Å². The van der Waals surface area contributed by atoms with Crippen LogP contribution in [0.25, 0.3) is 5.57 Å². The smallest absolute Gasteiger partial charge is 0.0917 e. The second-order valence-electron chi connectivity index (χ2n) is 4.98. The van der Waals surface area contributed by atoms with Gasteiger partial charge in [-0.05, 0) is 42.4 Å². The predicted molar refractivity (Wildman–Crippen MR) is 82.4 cm³/mol. The lowest BCUT2D eigenvalue weighted by Crippen LogP contribution is -2.54. The van der Waals surface area contributed by atoms with Gasteiger partial charge in [0, 0.05) is 12.1 Å². The first kappa shape index (κ1) is 13.8. The highest BCUT2D eigenvalue weighted by molar-refractivity contribution is 5.76. The average Bonchev–Trinajstić information content (AvgIpc) is 2.42. The summed E-state index contributed by atoms with van der Waals surface area (Å²) in [7, 11) is 0. The first-order chi connectivity index (χ1) is 9.09. The highest BCUT2D eigenvalue weighted by Crippen LogP contribution is 2.28. The standard InChI is InChI=1S/C16H23N3/c1-3-19(4-2)16(18)11-9-14(10-12-16)13-5-7-15(17)8-6-13/h5-11H,3-4,12,17-18H2,1-2H3. The fourth-order valence-electron chi connectivity index (χ4n) is 2.58. The Hall–Kier alpha value is -1.58. The Balaban J connectivity index is 2.17. The number of nitrogens with two attached hydrogens (primary N) is 2. The van der Waals surface area contributed by atoms with Gasteiger partial charge in [0.2, 0.25) is 0 Å². The van der Waals surface area contributed by atoms with Crippen molar-refractivity contribution in [2.75, 3.05) is 18.8 Å². The van der Waals surface area contributed by atoms with Crippen LogP contribution < -0.4 is 11.5 Å². The number of nitrogen functional groups attached to an aromatic ring is 1. The van der Waals surface area contributed by atoms with Crippen molar-refractivity contribution in [2.24, 2.45) is 5.73 Å². The number of allylic oxidation sites excluding steroid dienone is 2. The third-order valence-corrected chi connectivity index (χ3v) is 3.80. The summed E-state index contributed by atoms with van der Waals surface area (Å²) in [5, 5.41) is 0. The molecule has 4 N–H and O–H groups in total. The van der Waals surface area contributed by atoms with E-state index < -0.39 is 0 Å². The third-order valence-electron chi connectivity index (χ3n) is 3.80. The number of hydrogen-bond donors (Lipinski definition) is 2. The fourth-order valence-corrected chi connectivity index (χ4v) is 2.58. The molecule has 1 aliphatic rings. The van der Waals surface area contributed by atoms with Gasteiger partial charge in [-0.3, -0.25) is 4.90 Å². The van der Waals surface area contributed by atoms with E-state index in [0.29, 0.717) is 0 Å². The van der Waals surface area contributed by atoms with Gasteiger partial charge in [-0.25, -0.2) is 0 Å². The van der Waals surface area contributed by atoms with Crippen molar-refractivity contribution >= 4 is 11.3 Å². The summed E-state index contributed by atoms with van der Waals surface area (Å²) in [5.74, 6) is 0. The molecular formula is C16H23N3. The molecule has 1 aromatic rings. The summed E-state index contributed by atoms with van der Waals surface area (Å²) in [6.45, 7) is 6.21. The van der Waals surface area contributed by atoms with E-state index in [1.807, 2.05) is 24.3 Å². The fraction of sp³-hybridized carbons (Fsp3) is 0.375. The summed E-state index contributed by atoms with van der Waals surface area (Å²) in [6, 6.07) is 7.95. The van der Waals surface area contributed by atoms with Crippen molar-refractivity contribution in [3.05, 3.63) is 48.1 Å². The lowest BCUT2D eigenvalue weighted by Gasteiger charge is -2.38. The molecule has 0 fully saturated rings. The molecule has 0 bridgehead atoms. The van der Waals surface area contributed by atoms with Crippen LogP contribution in [0.2, 0.25) is 0 Å². The molecule has 1 unspecified atom stereocenters. The van der Waals surface area contributed by atoms with Crippen molar-refractivity contribution in [1.82, 2.24) is 4.90 Å². The van der Waals surface area contributed by atoms with Crippen molar-refractivity contribution in [1.29, 1.82) is 0 Å². The van der Waals surface area contributed by atoms with Crippen LogP contribution >= 0.6 is 0 Å². The van der Waals surface area contributed by atoms with E-state index in [0.717, 1.165) is 25.2 Å². The lowest BCUT2D eigenvalue weighted by atomic mass is 9.92. The average molecular weight is 257 g/mol. The van der Waals surface area contributed by atoms with E-state index in [9.17, 15) is 0 Å². The third kappa shape index (κ3) is 2.88. The molecule has 102 valence electrons. The summed E-state index contributed by atoms with van der Waals surface area (Å²) >= 11 is 0. The van der Waals surface area contributed by atoms with Crippen LogP contribution in [0.3, 0.4) is 0 Å². The topological polar surface area (TPSA) is 55.3 Å². The van der Waals surface area contributed by atoms with Gasteiger partial charge < -0.3 is 11.5 Å². The highest BCUT2D eigenvalue weighted by atomic mass is 15.3. The molecule has 1 aromatic carbocycles. The Morgan fingerprint density at radius 3 is 2.26 bits per heavy atom. The maximum Gasteiger partial charge on any atom is 0.0917 e. The van der Waals surface area contributed by atoms with Gasteiger partial charge in [-0.1, -0.05) is 38.1 Å². The van der Waals surface area contributed by atoms with Crippen molar-refractivity contribution in [2.45, 2.75) is 25.9 Å². The molecular weight excluding hydrogens is 234 g/mol. The molecule has 0 aromatic heterocycles. The van der Waals surface area contributed by atoms with Crippen LogP contribution in [0, 0.1) is 0 Å². The van der Waals surface area contributed by atoms with Gasteiger partial charge in [0.15, 0.2) is 0 Å². The predicted octanol–water partition coefficient (Wildman–Crippen LogP) is 2.61. The normalized spacial score (nSPS) is 22.6. The zero-order chi connectivity index (χ0) is 13.9. The van der Waals surface area contributed by atoms with Crippen molar-refractivity contribution in [3.8, 4) is 0 Å². The molecule has 0 radical (unpaired) electrons. The maximum absolute atomic E-state index is 6.46. The quantitative estimate of drug-likeness (QED) is 0.644. The number of anilines is 1. The van der Waals surface area contributed by atoms with Crippen LogP contribution in [0.5, 0.6) is 0 Å². The number of nitrogens with zero attached hydrogens (tertiary/aromatic N) is 1. The van der Waals surface area contributed by atoms with Gasteiger partial charge in [-0.15, -0.1) is 0 Å². The number of rotatable bonds is 4. The van der Waals surface area contributed by atoms with E-state index in [-0.39, 0.29) is 5.66 Å². The number of likely N-dealkylation sites (N-methyl/N-ethyl adjacent to an activating group) is 1. The first-order valence-electron chi connectivity index (χ1n) is 6.88. The summed E-state index contributed by atoms with van der Waals surface area (Å²) < 4.78 is 0. The van der Waals surface area contributed by atoms with E-state index in [2.05, 4.69) is 37.0 Å². The van der Waals surface area contributed by atoms with Crippen LogP contribution in [0.15, 0.2) is 42.5 Å². The molecule has 1 atom stereocenters. The second-order valence-corrected chi connectivity index (χ2v) is 4.98. The van der Waals surface area contributed by atoms with Gasteiger partial charge in [0.05, 0.1) is 5.66 Å². The molecule has 0 heterocycles. The molecule has 19 heavy (non-hydrogen) atoms. The van der Waals surface area contributed by atoms with Gasteiger partial charge in [0.25, 0.3) is 0 Å². The van der Waals surface area contributed by atoms with E-state index in [1.165, 1.54) is 11.1 Å². The minimum Gasteiger partial charge on any atom is -0.399 e. The molecule has 1 aliphatic carbocycles. The minimum atomic E-state index is -0.346. The monoisotopic (exact) mass is 257 g/mol. The Kier molecular flexibility index (Phi) is 4.08. The summed E-state index contributed by atoms with van der Waals surface area (Å²) in [6.07, 6.45) is 7.29. The molecule has 0 spiro atoms. The minimum absolute atomic E-state index is 0.346. The van der Waals surface area contributed by atoms with E-state index in [1.54, 1.807) is 0 Å². The van der Waals surface area contributed by atoms with Crippen LogP contribution in [-0.2, 0) is 0 Å². The number of hydrogen-bond acceptors (Lipinski definition) is 3. The first-order valence-corrected chi connectivity index (χ1v) is 6.88. The maximum atomic E-state index is 6.46. The van der Waals surface area contributed by atoms with E-state index in [4.69, 9.17) is 11.5 Å². The lowest BCUT2D eigenvalue weighted by molar-refractivity contribution is 0.152. The zero-order valence-electron chi connectivity index (χ0n) is 11.8. The molecule has 0 aliphatic heterocycles. The summed E-state index contributed by atoms with van der Waals surface area (Å²) in [5.41, 5.74) is 15.0. The van der Waals surface area contributed by atoms with Crippen molar-refractivity contribution < 1.29 is 0 Å². The molecule has 0 saturated heterocycles. The summed E-state index contributed by atoms with van der Waals surface area (Å²) in [4.78, 5) is 2.28. The Morgan fingerprint density at radius 2 is 1.79 bits per heavy atom. The molecule has 3 nitrogen and oxygen atoms in total. The van der Waals surface area contributed by atoms with Crippen LogP contribution in [-0.4, -0.2) is 23.7 Å². The number of benzene rings is 1. The van der Waals surface area contributed by atoms with Crippen LogP contribution in [0.4, 0.5) is 5.69 Å². The van der Waals surface area contributed by atoms with Gasteiger partial charge in [0.1, 0.15) is 0 Å². The molecule has 0 amide bonds. The molecule has 3 heteroatoms. The highest BCUT2D eigenvalue weighted by Gasteiger charge is 2.28. The Morgan fingerprint density at radius 1 is 1.16 bits per heavy atom. The second kappa shape index (κ2) is 5.59. The van der Waals surface area contributed by atoms with Crippen LogP contribution in [0.1, 0.15) is 25.8 Å². The molecule has 2 rings (SSSR count). The molecule has 0 saturated carbocycles. The zero-order valence-corrected chi connectivity index (χ0v) is 11.8.